The van der Waals surface area contributed by atoms with E-state index in [-0.39, 0.29) is 5.75 Å². The minimum Gasteiger partial charge on any atom is -0.508 e. The number of aromatic nitrogens is 4. The highest BCUT2D eigenvalue weighted by Crippen LogP contribution is 2.30. The highest BCUT2D eigenvalue weighted by Gasteiger charge is 2.14. The van der Waals surface area contributed by atoms with Crippen LogP contribution in [0.2, 0.25) is 0 Å². The van der Waals surface area contributed by atoms with Crippen LogP contribution in [0.1, 0.15) is 5.69 Å². The van der Waals surface area contributed by atoms with Crippen molar-refractivity contribution >= 4 is 27.9 Å². The number of aromatic hydroxyl groups is 1. The summed E-state index contributed by atoms with van der Waals surface area (Å²) in [5.41, 5.74) is 3.46. The van der Waals surface area contributed by atoms with Crippen LogP contribution < -0.4 is 5.32 Å². The number of fused-ring (bicyclic) bond motifs is 1. The van der Waals surface area contributed by atoms with Gasteiger partial charge in [0.2, 0.25) is 5.78 Å². The molecule has 0 spiro atoms. The first kappa shape index (κ1) is 13.7. The molecule has 0 bridgehead atoms. The number of benzene rings is 1. The molecule has 23 heavy (non-hydrogen) atoms. The lowest BCUT2D eigenvalue weighted by molar-refractivity contribution is 0.475. The lowest BCUT2D eigenvalue weighted by atomic mass is 10.3. The van der Waals surface area contributed by atoms with Crippen LogP contribution in [-0.2, 0) is 0 Å². The molecule has 4 rings (SSSR count). The third-order valence-electron chi connectivity index (χ3n) is 3.42. The van der Waals surface area contributed by atoms with Crippen molar-refractivity contribution < 1.29 is 5.11 Å². The molecular formula is C16H13N5OS. The predicted molar refractivity (Wildman–Crippen MR) is 90.2 cm³/mol. The standard InChI is InChI=1S/C16H13N5OS/c1-10-14(21-7-3-6-17-15(21)18-10)13-9-23-16(20-13)19-11-4-2-5-12(22)8-11/h2-9,22H,1H3,(H,19,20). The summed E-state index contributed by atoms with van der Waals surface area (Å²) < 4.78 is 1.93. The average Bonchev–Trinajstić information content (AvgIpc) is 3.10. The number of hydrogen-bond donors (Lipinski definition) is 2. The van der Waals surface area contributed by atoms with Gasteiger partial charge >= 0.3 is 0 Å². The average molecular weight is 323 g/mol. The van der Waals surface area contributed by atoms with Crippen molar-refractivity contribution in [3.63, 3.8) is 0 Å². The Morgan fingerprint density at radius 1 is 1.22 bits per heavy atom. The number of phenols is 1. The van der Waals surface area contributed by atoms with Crippen molar-refractivity contribution in [2.24, 2.45) is 0 Å². The second-order valence-corrected chi connectivity index (χ2v) is 5.91. The zero-order chi connectivity index (χ0) is 15.8. The van der Waals surface area contributed by atoms with Crippen molar-refractivity contribution in [3.05, 3.63) is 53.8 Å². The van der Waals surface area contributed by atoms with E-state index in [0.29, 0.717) is 5.78 Å². The van der Waals surface area contributed by atoms with Crippen LogP contribution in [0.5, 0.6) is 5.75 Å². The Labute approximate surface area is 136 Å². The molecule has 2 N–H and O–H groups in total. The normalized spacial score (nSPS) is 11.0. The minimum atomic E-state index is 0.218. The van der Waals surface area contributed by atoms with Gasteiger partial charge in [-0.15, -0.1) is 11.3 Å². The van der Waals surface area contributed by atoms with Crippen LogP contribution in [-0.4, -0.2) is 24.5 Å². The topological polar surface area (TPSA) is 75.3 Å². The summed E-state index contributed by atoms with van der Waals surface area (Å²) in [5.74, 6) is 0.881. The maximum Gasteiger partial charge on any atom is 0.234 e. The van der Waals surface area contributed by atoms with Crippen molar-refractivity contribution in [1.82, 2.24) is 19.4 Å². The van der Waals surface area contributed by atoms with E-state index in [9.17, 15) is 5.11 Å². The summed E-state index contributed by atoms with van der Waals surface area (Å²) in [5, 5.41) is 15.5. The van der Waals surface area contributed by atoms with Crippen LogP contribution in [0.25, 0.3) is 17.2 Å². The SMILES string of the molecule is Cc1nc2ncccn2c1-c1csc(Nc2cccc(O)c2)n1. The van der Waals surface area contributed by atoms with Crippen LogP contribution in [0.3, 0.4) is 0 Å². The van der Waals surface area contributed by atoms with E-state index < -0.39 is 0 Å². The first-order valence-electron chi connectivity index (χ1n) is 7.02. The highest BCUT2D eigenvalue weighted by molar-refractivity contribution is 7.14. The number of nitrogens with zero attached hydrogens (tertiary/aromatic N) is 4. The molecule has 4 aromatic rings. The van der Waals surface area contributed by atoms with Gasteiger partial charge in [-0.25, -0.2) is 15.0 Å². The molecule has 0 fully saturated rings. The van der Waals surface area contributed by atoms with E-state index in [0.717, 1.165) is 27.9 Å². The smallest absolute Gasteiger partial charge is 0.234 e. The maximum atomic E-state index is 9.53. The van der Waals surface area contributed by atoms with E-state index in [1.165, 1.54) is 11.3 Å². The molecule has 0 saturated heterocycles. The summed E-state index contributed by atoms with van der Waals surface area (Å²) in [6, 6.07) is 8.82. The molecule has 0 radical (unpaired) electrons. The number of nitrogens with one attached hydrogen (secondary N) is 1. The third kappa shape index (κ3) is 2.51. The van der Waals surface area contributed by atoms with E-state index in [2.05, 4.69) is 20.3 Å². The van der Waals surface area contributed by atoms with Crippen molar-refractivity contribution in [3.8, 4) is 17.1 Å². The molecule has 6 nitrogen and oxygen atoms in total. The molecule has 0 atom stereocenters. The van der Waals surface area contributed by atoms with E-state index in [1.54, 1.807) is 24.4 Å². The van der Waals surface area contributed by atoms with E-state index in [1.807, 2.05) is 35.0 Å². The maximum absolute atomic E-state index is 9.53. The largest absolute Gasteiger partial charge is 0.508 e. The zero-order valence-corrected chi connectivity index (χ0v) is 13.1. The van der Waals surface area contributed by atoms with Gasteiger partial charge in [-0.1, -0.05) is 6.07 Å². The van der Waals surface area contributed by atoms with Gasteiger partial charge in [0.05, 0.1) is 11.4 Å². The molecule has 0 unspecified atom stereocenters. The summed E-state index contributed by atoms with van der Waals surface area (Å²) in [6.45, 7) is 1.95. The van der Waals surface area contributed by atoms with Gasteiger partial charge < -0.3 is 10.4 Å². The number of hydrogen-bond acceptors (Lipinski definition) is 6. The van der Waals surface area contributed by atoms with Gasteiger partial charge in [0, 0.05) is 29.5 Å². The Balaban J connectivity index is 1.71. The highest BCUT2D eigenvalue weighted by atomic mass is 32.1. The molecule has 7 heteroatoms. The van der Waals surface area contributed by atoms with Gasteiger partial charge in [0.1, 0.15) is 11.4 Å². The van der Waals surface area contributed by atoms with Gasteiger partial charge in [-0.05, 0) is 25.1 Å². The third-order valence-corrected chi connectivity index (χ3v) is 4.18. The molecule has 0 saturated carbocycles. The van der Waals surface area contributed by atoms with Gasteiger partial charge in [0.25, 0.3) is 0 Å². The second kappa shape index (κ2) is 5.36. The quantitative estimate of drug-likeness (QED) is 0.602. The summed E-state index contributed by atoms with van der Waals surface area (Å²) in [6.07, 6.45) is 3.65. The molecule has 114 valence electrons. The predicted octanol–water partition coefficient (Wildman–Crippen LogP) is 3.61. The number of imidazole rings is 1. The molecule has 0 aliphatic heterocycles. The van der Waals surface area contributed by atoms with Crippen LogP contribution in [0.4, 0.5) is 10.8 Å². The fourth-order valence-corrected chi connectivity index (χ4v) is 3.17. The number of aryl methyl sites for hydroxylation is 1. The van der Waals surface area contributed by atoms with E-state index in [4.69, 9.17) is 0 Å². The van der Waals surface area contributed by atoms with Gasteiger partial charge in [-0.2, -0.15) is 0 Å². The Hall–Kier alpha value is -2.93. The minimum absolute atomic E-state index is 0.218. The second-order valence-electron chi connectivity index (χ2n) is 5.05. The Bertz CT molecular complexity index is 991. The molecule has 0 aliphatic carbocycles. The van der Waals surface area contributed by atoms with Crippen molar-refractivity contribution in [1.29, 1.82) is 0 Å². The zero-order valence-electron chi connectivity index (χ0n) is 12.3. The Morgan fingerprint density at radius 3 is 3.00 bits per heavy atom. The Morgan fingerprint density at radius 2 is 2.13 bits per heavy atom. The Kier molecular flexibility index (Phi) is 3.20. The first-order chi connectivity index (χ1) is 11.2. The van der Waals surface area contributed by atoms with Crippen LogP contribution in [0.15, 0.2) is 48.1 Å². The number of phenolic OH excluding ortho intramolecular Hbond substituents is 1. The fourth-order valence-electron chi connectivity index (χ4n) is 2.45. The van der Waals surface area contributed by atoms with Crippen molar-refractivity contribution in [2.75, 3.05) is 5.32 Å². The summed E-state index contributed by atoms with van der Waals surface area (Å²) in [4.78, 5) is 13.3. The van der Waals surface area contributed by atoms with Crippen molar-refractivity contribution in [2.45, 2.75) is 6.92 Å². The molecule has 1 aromatic carbocycles. The lowest BCUT2D eigenvalue weighted by Crippen LogP contribution is -1.92. The number of thiazole rings is 1. The van der Waals surface area contributed by atoms with Crippen LogP contribution >= 0.6 is 11.3 Å². The summed E-state index contributed by atoms with van der Waals surface area (Å²) >= 11 is 1.50. The summed E-state index contributed by atoms with van der Waals surface area (Å²) in [7, 11) is 0. The molecule has 0 amide bonds. The molecular weight excluding hydrogens is 310 g/mol. The van der Waals surface area contributed by atoms with E-state index >= 15 is 0 Å². The molecule has 3 aromatic heterocycles. The first-order valence-corrected chi connectivity index (χ1v) is 7.90. The van der Waals surface area contributed by atoms with Gasteiger partial charge in [0.15, 0.2) is 5.13 Å². The number of anilines is 2. The molecule has 3 heterocycles. The monoisotopic (exact) mass is 323 g/mol. The van der Waals surface area contributed by atoms with Gasteiger partial charge in [-0.3, -0.25) is 4.40 Å². The molecule has 0 aliphatic rings. The fraction of sp³-hybridized carbons (Fsp3) is 0.0625. The lowest BCUT2D eigenvalue weighted by Gasteiger charge is -2.02. The van der Waals surface area contributed by atoms with Crippen LogP contribution in [0, 0.1) is 6.92 Å². The number of rotatable bonds is 3.